The molecule has 0 unspecified atom stereocenters. The molecule has 0 aromatic heterocycles. The Bertz CT molecular complexity index is 190. The van der Waals surface area contributed by atoms with Crippen molar-refractivity contribution >= 4 is 5.97 Å². The van der Waals surface area contributed by atoms with Crippen LogP contribution in [0.3, 0.4) is 0 Å². The summed E-state index contributed by atoms with van der Waals surface area (Å²) < 4.78 is 5.41. The molecule has 13 heavy (non-hydrogen) atoms. The molecule has 1 fully saturated rings. The second kappa shape index (κ2) is 4.45. The van der Waals surface area contributed by atoms with Crippen LogP contribution in [0.5, 0.6) is 0 Å². The summed E-state index contributed by atoms with van der Waals surface area (Å²) in [6, 6.07) is 0. The minimum atomic E-state index is -0.216. The molecular formula is C11H18O2. The summed E-state index contributed by atoms with van der Waals surface area (Å²) in [5.74, 6) is -0.163. The molecule has 0 aromatic carbocycles. The highest BCUT2D eigenvalue weighted by Gasteiger charge is 2.33. The summed E-state index contributed by atoms with van der Waals surface area (Å²) >= 11 is 0. The van der Waals surface area contributed by atoms with Gasteiger partial charge in [0.25, 0.3) is 0 Å². The van der Waals surface area contributed by atoms with Crippen LogP contribution in [0.2, 0.25) is 0 Å². The average molecular weight is 182 g/mol. The first kappa shape index (κ1) is 10.3. The predicted octanol–water partition coefficient (Wildman–Crippen LogP) is 2.83. The van der Waals surface area contributed by atoms with Gasteiger partial charge in [0.2, 0.25) is 0 Å². The molecule has 1 saturated carbocycles. The third kappa shape index (κ3) is 2.87. The Labute approximate surface area is 80.0 Å². The molecule has 0 spiro atoms. The van der Waals surface area contributed by atoms with E-state index in [1.807, 2.05) is 6.08 Å². The molecule has 2 nitrogen and oxygen atoms in total. The minimum Gasteiger partial charge on any atom is -0.459 e. The van der Waals surface area contributed by atoms with E-state index in [1.54, 1.807) is 0 Å². The van der Waals surface area contributed by atoms with Crippen LogP contribution in [0.1, 0.15) is 45.4 Å². The lowest BCUT2D eigenvalue weighted by atomic mass is 9.82. The summed E-state index contributed by atoms with van der Waals surface area (Å²) in [5.41, 5.74) is -0.216. The molecule has 0 heterocycles. The maximum absolute atomic E-state index is 10.9. The number of carbonyl (C=O) groups excluding carboxylic acids is 1. The minimum absolute atomic E-state index is 0.163. The van der Waals surface area contributed by atoms with Gasteiger partial charge >= 0.3 is 5.97 Å². The van der Waals surface area contributed by atoms with Crippen molar-refractivity contribution in [2.24, 2.45) is 0 Å². The molecule has 0 N–H and O–H groups in total. The molecule has 1 rings (SSSR count). The third-order valence-electron chi connectivity index (χ3n) is 2.64. The Morgan fingerprint density at radius 2 is 2.08 bits per heavy atom. The van der Waals surface area contributed by atoms with E-state index in [9.17, 15) is 4.79 Å². The summed E-state index contributed by atoms with van der Waals surface area (Å²) in [6.07, 6.45) is 8.25. The Hall–Kier alpha value is -0.790. The second-order valence-corrected chi connectivity index (χ2v) is 3.83. The van der Waals surface area contributed by atoms with Gasteiger partial charge in [-0.15, -0.1) is 6.58 Å². The van der Waals surface area contributed by atoms with Gasteiger partial charge in [-0.05, 0) is 25.7 Å². The predicted molar refractivity (Wildman–Crippen MR) is 52.4 cm³/mol. The van der Waals surface area contributed by atoms with Crippen LogP contribution in [0, 0.1) is 0 Å². The first-order chi connectivity index (χ1) is 6.18. The second-order valence-electron chi connectivity index (χ2n) is 3.83. The van der Waals surface area contributed by atoms with Gasteiger partial charge in [0.1, 0.15) is 5.60 Å². The fourth-order valence-corrected chi connectivity index (χ4v) is 2.11. The number of esters is 1. The monoisotopic (exact) mass is 182 g/mol. The zero-order valence-corrected chi connectivity index (χ0v) is 8.34. The fraction of sp³-hybridized carbons (Fsp3) is 0.727. The summed E-state index contributed by atoms with van der Waals surface area (Å²) in [4.78, 5) is 10.9. The molecule has 1 aliphatic carbocycles. The standard InChI is InChI=1S/C11H18O2/c1-3-7-11(13-10(2)12)8-5-4-6-9-11/h3H,1,4-9H2,2H3. The van der Waals surface area contributed by atoms with E-state index < -0.39 is 0 Å². The zero-order chi connectivity index (χ0) is 9.73. The Morgan fingerprint density at radius 1 is 1.46 bits per heavy atom. The van der Waals surface area contributed by atoms with Crippen molar-refractivity contribution in [3.8, 4) is 0 Å². The molecule has 1 aliphatic rings. The van der Waals surface area contributed by atoms with Crippen molar-refractivity contribution in [2.45, 2.75) is 51.0 Å². The average Bonchev–Trinajstić information content (AvgIpc) is 2.04. The summed E-state index contributed by atoms with van der Waals surface area (Å²) in [5, 5.41) is 0. The highest BCUT2D eigenvalue weighted by atomic mass is 16.6. The smallest absolute Gasteiger partial charge is 0.303 e. The first-order valence-corrected chi connectivity index (χ1v) is 4.99. The lowest BCUT2D eigenvalue weighted by Gasteiger charge is -2.35. The van der Waals surface area contributed by atoms with Gasteiger partial charge < -0.3 is 4.74 Å². The van der Waals surface area contributed by atoms with Crippen molar-refractivity contribution in [2.75, 3.05) is 0 Å². The maximum atomic E-state index is 10.9. The van der Waals surface area contributed by atoms with Crippen LogP contribution < -0.4 is 0 Å². The van der Waals surface area contributed by atoms with Crippen molar-refractivity contribution in [3.63, 3.8) is 0 Å². The van der Waals surface area contributed by atoms with Crippen LogP contribution >= 0.6 is 0 Å². The Morgan fingerprint density at radius 3 is 2.54 bits per heavy atom. The highest BCUT2D eigenvalue weighted by Crippen LogP contribution is 2.34. The molecule has 0 bridgehead atoms. The fourth-order valence-electron chi connectivity index (χ4n) is 2.11. The number of ether oxygens (including phenoxy) is 1. The van der Waals surface area contributed by atoms with Crippen molar-refractivity contribution < 1.29 is 9.53 Å². The van der Waals surface area contributed by atoms with Gasteiger partial charge in [0.15, 0.2) is 0 Å². The van der Waals surface area contributed by atoms with Gasteiger partial charge in [0, 0.05) is 13.3 Å². The van der Waals surface area contributed by atoms with Crippen LogP contribution in [0.4, 0.5) is 0 Å². The lowest BCUT2D eigenvalue weighted by Crippen LogP contribution is -2.36. The molecule has 0 radical (unpaired) electrons. The first-order valence-electron chi connectivity index (χ1n) is 4.99. The highest BCUT2D eigenvalue weighted by molar-refractivity contribution is 5.66. The molecular weight excluding hydrogens is 164 g/mol. The number of hydrogen-bond acceptors (Lipinski definition) is 2. The van der Waals surface area contributed by atoms with Crippen LogP contribution in [0.25, 0.3) is 0 Å². The summed E-state index contributed by atoms with van der Waals surface area (Å²) in [6.45, 7) is 5.20. The molecule has 0 atom stereocenters. The van der Waals surface area contributed by atoms with Gasteiger partial charge in [-0.25, -0.2) is 0 Å². The molecule has 0 amide bonds. The van der Waals surface area contributed by atoms with Crippen LogP contribution in [-0.4, -0.2) is 11.6 Å². The Balaban J connectivity index is 2.60. The van der Waals surface area contributed by atoms with E-state index in [2.05, 4.69) is 6.58 Å². The van der Waals surface area contributed by atoms with E-state index in [1.165, 1.54) is 26.2 Å². The van der Waals surface area contributed by atoms with Crippen LogP contribution in [0.15, 0.2) is 12.7 Å². The van der Waals surface area contributed by atoms with E-state index in [0.717, 1.165) is 19.3 Å². The molecule has 0 aromatic rings. The topological polar surface area (TPSA) is 26.3 Å². The molecule has 0 aliphatic heterocycles. The lowest BCUT2D eigenvalue weighted by molar-refractivity contribution is -0.160. The third-order valence-corrected chi connectivity index (χ3v) is 2.64. The largest absolute Gasteiger partial charge is 0.459 e. The molecule has 2 heteroatoms. The van der Waals surface area contributed by atoms with Crippen molar-refractivity contribution in [1.29, 1.82) is 0 Å². The SMILES string of the molecule is C=CCC1(OC(C)=O)CCCCC1. The van der Waals surface area contributed by atoms with Crippen molar-refractivity contribution in [1.82, 2.24) is 0 Å². The van der Waals surface area contributed by atoms with Gasteiger partial charge in [0.05, 0.1) is 0 Å². The zero-order valence-electron chi connectivity index (χ0n) is 8.34. The van der Waals surface area contributed by atoms with E-state index in [-0.39, 0.29) is 11.6 Å². The van der Waals surface area contributed by atoms with Gasteiger partial charge in [-0.1, -0.05) is 12.5 Å². The quantitative estimate of drug-likeness (QED) is 0.495. The van der Waals surface area contributed by atoms with Gasteiger partial charge in [-0.2, -0.15) is 0 Å². The van der Waals surface area contributed by atoms with Crippen LogP contribution in [-0.2, 0) is 9.53 Å². The number of rotatable bonds is 3. The van der Waals surface area contributed by atoms with E-state index >= 15 is 0 Å². The van der Waals surface area contributed by atoms with E-state index in [0.29, 0.717) is 0 Å². The molecule has 74 valence electrons. The number of carbonyl (C=O) groups is 1. The summed E-state index contributed by atoms with van der Waals surface area (Å²) in [7, 11) is 0. The normalized spacial score (nSPS) is 20.7. The maximum Gasteiger partial charge on any atom is 0.303 e. The van der Waals surface area contributed by atoms with E-state index in [4.69, 9.17) is 4.74 Å². The number of hydrogen-bond donors (Lipinski definition) is 0. The Kier molecular flexibility index (Phi) is 3.52. The van der Waals surface area contributed by atoms with Gasteiger partial charge in [-0.3, -0.25) is 4.79 Å². The molecule has 0 saturated heterocycles. The van der Waals surface area contributed by atoms with Crippen molar-refractivity contribution in [3.05, 3.63) is 12.7 Å².